The van der Waals surface area contributed by atoms with Crippen LogP contribution in [0.2, 0.25) is 0 Å². The van der Waals surface area contributed by atoms with Crippen molar-refractivity contribution < 1.29 is 19.1 Å². The predicted molar refractivity (Wildman–Crippen MR) is 74.7 cm³/mol. The standard InChI is InChI=1S/C15H22N2O4/c18-8-10-3-5-11(6-4-10)17-15(19)13-14(21-9-16-13)12-2-1-7-20-12/h9-12,18H,1-8H2,(H,17,19). The molecular weight excluding hydrogens is 272 g/mol. The van der Waals surface area contributed by atoms with Crippen molar-refractivity contribution in [1.82, 2.24) is 10.3 Å². The third kappa shape index (κ3) is 3.27. The van der Waals surface area contributed by atoms with Crippen molar-refractivity contribution in [3.63, 3.8) is 0 Å². The number of hydrogen-bond acceptors (Lipinski definition) is 5. The number of rotatable bonds is 4. The molecule has 1 aromatic heterocycles. The van der Waals surface area contributed by atoms with Crippen molar-refractivity contribution in [2.45, 2.75) is 50.7 Å². The highest BCUT2D eigenvalue weighted by molar-refractivity contribution is 5.93. The molecule has 1 aliphatic heterocycles. The van der Waals surface area contributed by atoms with E-state index in [1.165, 1.54) is 6.39 Å². The van der Waals surface area contributed by atoms with Crippen molar-refractivity contribution in [3.8, 4) is 0 Å². The number of aromatic nitrogens is 1. The minimum atomic E-state index is -0.179. The van der Waals surface area contributed by atoms with Gasteiger partial charge in [-0.1, -0.05) is 0 Å². The summed E-state index contributed by atoms with van der Waals surface area (Å²) in [6.45, 7) is 0.949. The lowest BCUT2D eigenvalue weighted by atomic mass is 9.86. The molecule has 0 bridgehead atoms. The van der Waals surface area contributed by atoms with Gasteiger partial charge >= 0.3 is 0 Å². The van der Waals surface area contributed by atoms with Gasteiger partial charge in [-0.2, -0.15) is 0 Å². The molecule has 3 rings (SSSR count). The first kappa shape index (κ1) is 14.5. The number of carbonyl (C=O) groups excluding carboxylic acids is 1. The maximum absolute atomic E-state index is 12.4. The van der Waals surface area contributed by atoms with Crippen LogP contribution in [-0.2, 0) is 4.74 Å². The first-order chi connectivity index (χ1) is 10.3. The summed E-state index contributed by atoms with van der Waals surface area (Å²) in [5, 5.41) is 12.2. The van der Waals surface area contributed by atoms with Gasteiger partial charge in [-0.25, -0.2) is 4.98 Å². The highest BCUT2D eigenvalue weighted by Gasteiger charge is 2.29. The SMILES string of the molecule is O=C(NC1CCC(CO)CC1)c1ncoc1C1CCCO1. The van der Waals surface area contributed by atoms with Crippen LogP contribution in [0.5, 0.6) is 0 Å². The number of nitrogens with zero attached hydrogens (tertiary/aromatic N) is 1. The van der Waals surface area contributed by atoms with Gasteiger partial charge in [0.05, 0.1) is 0 Å². The Kier molecular flexibility index (Phi) is 4.55. The lowest BCUT2D eigenvalue weighted by Crippen LogP contribution is -2.38. The molecule has 1 saturated heterocycles. The van der Waals surface area contributed by atoms with Crippen molar-refractivity contribution >= 4 is 5.91 Å². The average molecular weight is 294 g/mol. The van der Waals surface area contributed by atoms with E-state index in [2.05, 4.69) is 10.3 Å². The second kappa shape index (κ2) is 6.58. The predicted octanol–water partition coefficient (Wildman–Crippen LogP) is 1.81. The fourth-order valence-electron chi connectivity index (χ4n) is 3.18. The molecule has 2 heterocycles. The largest absolute Gasteiger partial charge is 0.445 e. The van der Waals surface area contributed by atoms with E-state index < -0.39 is 0 Å². The van der Waals surface area contributed by atoms with Crippen LogP contribution in [0.15, 0.2) is 10.8 Å². The molecule has 0 aromatic carbocycles. The minimum Gasteiger partial charge on any atom is -0.445 e. The summed E-state index contributed by atoms with van der Waals surface area (Å²) >= 11 is 0. The Morgan fingerprint density at radius 2 is 2.14 bits per heavy atom. The summed E-state index contributed by atoms with van der Waals surface area (Å²) in [6.07, 6.45) is 6.76. The molecule has 1 aromatic rings. The Bertz CT molecular complexity index is 474. The van der Waals surface area contributed by atoms with Gasteiger partial charge in [0.2, 0.25) is 0 Å². The van der Waals surface area contributed by atoms with Gasteiger partial charge in [-0.05, 0) is 44.4 Å². The fraction of sp³-hybridized carbons (Fsp3) is 0.733. The van der Waals surface area contributed by atoms with E-state index in [-0.39, 0.29) is 24.7 Å². The van der Waals surface area contributed by atoms with E-state index in [1.807, 2.05) is 0 Å². The summed E-state index contributed by atoms with van der Waals surface area (Å²) in [5.74, 6) is 0.753. The smallest absolute Gasteiger partial charge is 0.273 e. The lowest BCUT2D eigenvalue weighted by Gasteiger charge is -2.27. The van der Waals surface area contributed by atoms with Gasteiger partial charge in [0.1, 0.15) is 6.10 Å². The van der Waals surface area contributed by atoms with Gasteiger partial charge in [0.25, 0.3) is 5.91 Å². The van der Waals surface area contributed by atoms with Gasteiger partial charge in [-0.3, -0.25) is 4.79 Å². The van der Waals surface area contributed by atoms with Crippen molar-refractivity contribution in [3.05, 3.63) is 17.8 Å². The van der Waals surface area contributed by atoms with Crippen molar-refractivity contribution in [2.24, 2.45) is 5.92 Å². The molecule has 1 aliphatic carbocycles. The fourth-order valence-corrected chi connectivity index (χ4v) is 3.18. The Morgan fingerprint density at radius 1 is 1.33 bits per heavy atom. The van der Waals surface area contributed by atoms with Gasteiger partial charge in [-0.15, -0.1) is 0 Å². The van der Waals surface area contributed by atoms with Crippen LogP contribution in [-0.4, -0.2) is 35.3 Å². The second-order valence-corrected chi connectivity index (χ2v) is 5.94. The third-order valence-corrected chi connectivity index (χ3v) is 4.47. The quantitative estimate of drug-likeness (QED) is 0.884. The lowest BCUT2D eigenvalue weighted by molar-refractivity contribution is 0.0840. The Morgan fingerprint density at radius 3 is 2.81 bits per heavy atom. The highest BCUT2D eigenvalue weighted by Crippen LogP contribution is 2.31. The monoisotopic (exact) mass is 294 g/mol. The number of oxazole rings is 1. The van der Waals surface area contributed by atoms with E-state index in [0.717, 1.165) is 38.5 Å². The molecule has 0 spiro atoms. The number of carbonyl (C=O) groups is 1. The molecule has 2 fully saturated rings. The molecule has 6 nitrogen and oxygen atoms in total. The molecule has 1 amide bonds. The molecule has 1 saturated carbocycles. The topological polar surface area (TPSA) is 84.6 Å². The summed E-state index contributed by atoms with van der Waals surface area (Å²) in [5.41, 5.74) is 0.353. The zero-order valence-electron chi connectivity index (χ0n) is 12.1. The molecule has 6 heteroatoms. The van der Waals surface area contributed by atoms with E-state index >= 15 is 0 Å². The average Bonchev–Trinajstić information content (AvgIpc) is 3.18. The first-order valence-electron chi connectivity index (χ1n) is 7.74. The maximum atomic E-state index is 12.4. The maximum Gasteiger partial charge on any atom is 0.273 e. The number of ether oxygens (including phenoxy) is 1. The number of hydrogen-bond donors (Lipinski definition) is 2. The van der Waals surface area contributed by atoms with E-state index in [4.69, 9.17) is 14.3 Å². The van der Waals surface area contributed by atoms with E-state index in [9.17, 15) is 4.79 Å². The Labute approximate surface area is 123 Å². The van der Waals surface area contributed by atoms with Gasteiger partial charge in [0, 0.05) is 19.3 Å². The van der Waals surface area contributed by atoms with Crippen LogP contribution in [0.25, 0.3) is 0 Å². The zero-order chi connectivity index (χ0) is 14.7. The zero-order valence-corrected chi connectivity index (χ0v) is 12.1. The minimum absolute atomic E-state index is 0.140. The van der Waals surface area contributed by atoms with Crippen LogP contribution in [0.1, 0.15) is 60.9 Å². The summed E-state index contributed by atoms with van der Waals surface area (Å²) < 4.78 is 10.9. The number of amides is 1. The van der Waals surface area contributed by atoms with E-state index in [0.29, 0.717) is 24.0 Å². The second-order valence-electron chi connectivity index (χ2n) is 5.94. The number of nitrogens with one attached hydrogen (secondary N) is 1. The Hall–Kier alpha value is -1.40. The van der Waals surface area contributed by atoms with Crippen molar-refractivity contribution in [2.75, 3.05) is 13.2 Å². The summed E-state index contributed by atoms with van der Waals surface area (Å²) in [6, 6.07) is 0.161. The van der Waals surface area contributed by atoms with Crippen LogP contribution in [0.4, 0.5) is 0 Å². The molecule has 0 radical (unpaired) electrons. The molecule has 1 unspecified atom stereocenters. The summed E-state index contributed by atoms with van der Waals surface area (Å²) in [4.78, 5) is 16.4. The van der Waals surface area contributed by atoms with Crippen LogP contribution < -0.4 is 5.32 Å². The summed E-state index contributed by atoms with van der Waals surface area (Å²) in [7, 11) is 0. The van der Waals surface area contributed by atoms with Gasteiger partial charge < -0.3 is 19.6 Å². The molecule has 21 heavy (non-hydrogen) atoms. The van der Waals surface area contributed by atoms with Crippen LogP contribution in [0, 0.1) is 5.92 Å². The van der Waals surface area contributed by atoms with Crippen LogP contribution >= 0.6 is 0 Å². The van der Waals surface area contributed by atoms with Crippen molar-refractivity contribution in [1.29, 1.82) is 0 Å². The normalized spacial score (nSPS) is 29.5. The highest BCUT2D eigenvalue weighted by atomic mass is 16.5. The van der Waals surface area contributed by atoms with E-state index in [1.54, 1.807) is 0 Å². The molecule has 1 atom stereocenters. The van der Waals surface area contributed by atoms with Crippen LogP contribution in [0.3, 0.4) is 0 Å². The number of aliphatic hydroxyl groups excluding tert-OH is 1. The number of aliphatic hydroxyl groups is 1. The molecular formula is C15H22N2O4. The van der Waals surface area contributed by atoms with Gasteiger partial charge in [0.15, 0.2) is 17.8 Å². The molecule has 116 valence electrons. The first-order valence-corrected chi connectivity index (χ1v) is 7.74. The molecule has 2 N–H and O–H groups in total. The third-order valence-electron chi connectivity index (χ3n) is 4.47. The Balaban J connectivity index is 1.60. The molecule has 2 aliphatic rings.